The van der Waals surface area contributed by atoms with E-state index in [9.17, 15) is 4.39 Å². The maximum Gasteiger partial charge on any atom is 0.126 e. The van der Waals surface area contributed by atoms with Crippen LogP contribution in [-0.2, 0) is 6.42 Å². The maximum absolute atomic E-state index is 13.5. The van der Waals surface area contributed by atoms with Crippen molar-refractivity contribution in [3.8, 4) is 0 Å². The van der Waals surface area contributed by atoms with Gasteiger partial charge in [-0.3, -0.25) is 0 Å². The highest BCUT2D eigenvalue weighted by Crippen LogP contribution is 2.17. The van der Waals surface area contributed by atoms with E-state index in [0.29, 0.717) is 23.5 Å². The molecule has 104 valence electrons. The first kappa shape index (κ1) is 14.5. The molecule has 2 nitrogen and oxygen atoms in total. The molecule has 0 amide bonds. The Morgan fingerprint density at radius 2 is 2.00 bits per heavy atom. The molecule has 0 atom stereocenters. The number of halogens is 1. The normalized spacial score (nSPS) is 10.3. The minimum Gasteiger partial charge on any atom is -0.389 e. The molecule has 2 aromatic carbocycles. The summed E-state index contributed by atoms with van der Waals surface area (Å²) in [6, 6.07) is 12.7. The van der Waals surface area contributed by atoms with Gasteiger partial charge in [0.25, 0.3) is 0 Å². The average molecular weight is 288 g/mol. The Morgan fingerprint density at radius 1 is 1.25 bits per heavy atom. The molecule has 0 fully saturated rings. The van der Waals surface area contributed by atoms with Gasteiger partial charge in [0, 0.05) is 17.8 Å². The van der Waals surface area contributed by atoms with E-state index in [1.165, 1.54) is 6.07 Å². The Bertz CT molecular complexity index is 626. The minimum absolute atomic E-state index is 0.173. The predicted octanol–water partition coefficient (Wildman–Crippen LogP) is 3.42. The van der Waals surface area contributed by atoms with Gasteiger partial charge in [0.15, 0.2) is 0 Å². The van der Waals surface area contributed by atoms with E-state index in [0.717, 1.165) is 16.8 Å². The lowest BCUT2D eigenvalue weighted by atomic mass is 10.1. The molecule has 0 radical (unpaired) electrons. The van der Waals surface area contributed by atoms with Crippen molar-refractivity contribution in [2.45, 2.75) is 13.3 Å². The van der Waals surface area contributed by atoms with Gasteiger partial charge in [-0.1, -0.05) is 42.0 Å². The zero-order chi connectivity index (χ0) is 14.5. The number of benzene rings is 2. The third-order valence-corrected chi connectivity index (χ3v) is 3.33. The van der Waals surface area contributed by atoms with Crippen LogP contribution in [0.2, 0.25) is 0 Å². The van der Waals surface area contributed by atoms with Crippen molar-refractivity contribution < 1.29 is 4.39 Å². The van der Waals surface area contributed by atoms with Crippen LogP contribution in [0.25, 0.3) is 0 Å². The highest BCUT2D eigenvalue weighted by atomic mass is 32.1. The SMILES string of the molecule is Cc1ccc(NCCc2ccccc2F)c(C(N)=S)c1. The van der Waals surface area contributed by atoms with Gasteiger partial charge >= 0.3 is 0 Å². The fraction of sp³-hybridized carbons (Fsp3) is 0.188. The second kappa shape index (κ2) is 6.48. The summed E-state index contributed by atoms with van der Waals surface area (Å²) in [5.41, 5.74) is 9.24. The van der Waals surface area contributed by atoms with Crippen molar-refractivity contribution in [1.82, 2.24) is 0 Å². The first-order chi connectivity index (χ1) is 9.58. The summed E-state index contributed by atoms with van der Waals surface area (Å²) in [5.74, 6) is -0.173. The molecular formula is C16H17FN2S. The number of rotatable bonds is 5. The average Bonchev–Trinajstić information content (AvgIpc) is 2.42. The topological polar surface area (TPSA) is 38.0 Å². The van der Waals surface area contributed by atoms with Crippen LogP contribution in [0.1, 0.15) is 16.7 Å². The third-order valence-electron chi connectivity index (χ3n) is 3.11. The summed E-state index contributed by atoms with van der Waals surface area (Å²) in [6.07, 6.45) is 0.608. The summed E-state index contributed by atoms with van der Waals surface area (Å²) in [4.78, 5) is 0.363. The van der Waals surface area contributed by atoms with E-state index in [2.05, 4.69) is 5.32 Å². The van der Waals surface area contributed by atoms with E-state index in [-0.39, 0.29) is 5.82 Å². The Kier molecular flexibility index (Phi) is 4.69. The standard InChI is InChI=1S/C16H17FN2S/c1-11-6-7-15(13(10-11)16(18)20)19-9-8-12-4-2-3-5-14(12)17/h2-7,10,19H,8-9H2,1H3,(H2,18,20). The minimum atomic E-state index is -0.173. The highest BCUT2D eigenvalue weighted by Gasteiger charge is 2.06. The fourth-order valence-electron chi connectivity index (χ4n) is 2.05. The number of nitrogens with one attached hydrogen (secondary N) is 1. The van der Waals surface area contributed by atoms with Crippen molar-refractivity contribution >= 4 is 22.9 Å². The zero-order valence-electron chi connectivity index (χ0n) is 11.3. The summed E-state index contributed by atoms with van der Waals surface area (Å²) >= 11 is 5.05. The second-order valence-electron chi connectivity index (χ2n) is 4.68. The van der Waals surface area contributed by atoms with E-state index >= 15 is 0 Å². The van der Waals surface area contributed by atoms with Gasteiger partial charge in [-0.25, -0.2) is 4.39 Å². The molecule has 0 aliphatic rings. The largest absolute Gasteiger partial charge is 0.389 e. The van der Waals surface area contributed by atoms with Crippen molar-refractivity contribution in [3.05, 3.63) is 65.0 Å². The smallest absolute Gasteiger partial charge is 0.126 e. The van der Waals surface area contributed by atoms with E-state index in [1.807, 2.05) is 31.2 Å². The highest BCUT2D eigenvalue weighted by molar-refractivity contribution is 7.80. The van der Waals surface area contributed by atoms with Crippen molar-refractivity contribution in [3.63, 3.8) is 0 Å². The summed E-state index contributed by atoms with van der Waals surface area (Å²) in [7, 11) is 0. The molecule has 0 aliphatic heterocycles. The number of thiocarbonyl (C=S) groups is 1. The molecule has 4 heteroatoms. The van der Waals surface area contributed by atoms with Gasteiger partial charge in [-0.05, 0) is 37.1 Å². The summed E-state index contributed by atoms with van der Waals surface area (Å²) in [6.45, 7) is 2.62. The first-order valence-electron chi connectivity index (χ1n) is 6.45. The quantitative estimate of drug-likeness (QED) is 0.828. The van der Waals surface area contributed by atoms with Gasteiger partial charge in [0.05, 0.1) is 0 Å². The van der Waals surface area contributed by atoms with Crippen molar-refractivity contribution in [2.75, 3.05) is 11.9 Å². The molecule has 0 spiro atoms. The van der Waals surface area contributed by atoms with Crippen LogP contribution in [0, 0.1) is 12.7 Å². The lowest BCUT2D eigenvalue weighted by molar-refractivity contribution is 0.610. The van der Waals surface area contributed by atoms with E-state index < -0.39 is 0 Å². The van der Waals surface area contributed by atoms with Gasteiger partial charge in [-0.15, -0.1) is 0 Å². The lowest BCUT2D eigenvalue weighted by Gasteiger charge is -2.12. The molecular weight excluding hydrogens is 271 g/mol. The third kappa shape index (κ3) is 3.54. The molecule has 0 aromatic heterocycles. The maximum atomic E-state index is 13.5. The molecule has 20 heavy (non-hydrogen) atoms. The molecule has 0 heterocycles. The van der Waals surface area contributed by atoms with Gasteiger partial charge in [0.2, 0.25) is 0 Å². The van der Waals surface area contributed by atoms with Crippen LogP contribution in [0.4, 0.5) is 10.1 Å². The van der Waals surface area contributed by atoms with Crippen LogP contribution in [-0.4, -0.2) is 11.5 Å². The van der Waals surface area contributed by atoms with Crippen LogP contribution < -0.4 is 11.1 Å². The second-order valence-corrected chi connectivity index (χ2v) is 5.12. The number of hydrogen-bond acceptors (Lipinski definition) is 2. The van der Waals surface area contributed by atoms with Gasteiger partial charge in [0.1, 0.15) is 10.8 Å². The van der Waals surface area contributed by atoms with Gasteiger partial charge in [-0.2, -0.15) is 0 Å². The fourth-order valence-corrected chi connectivity index (χ4v) is 2.22. The lowest BCUT2D eigenvalue weighted by Crippen LogP contribution is -2.15. The summed E-state index contributed by atoms with van der Waals surface area (Å²) in [5, 5.41) is 3.26. The predicted molar refractivity (Wildman–Crippen MR) is 85.7 cm³/mol. The first-order valence-corrected chi connectivity index (χ1v) is 6.86. The van der Waals surface area contributed by atoms with Crippen LogP contribution in [0.3, 0.4) is 0 Å². The molecule has 0 saturated heterocycles. The van der Waals surface area contributed by atoms with Crippen molar-refractivity contribution in [1.29, 1.82) is 0 Å². The van der Waals surface area contributed by atoms with E-state index in [4.69, 9.17) is 18.0 Å². The van der Waals surface area contributed by atoms with E-state index in [1.54, 1.807) is 12.1 Å². The molecule has 2 aromatic rings. The summed E-state index contributed by atoms with van der Waals surface area (Å²) < 4.78 is 13.5. The molecule has 3 N–H and O–H groups in total. The molecule has 0 aliphatic carbocycles. The molecule has 0 saturated carbocycles. The van der Waals surface area contributed by atoms with Crippen molar-refractivity contribution in [2.24, 2.45) is 5.73 Å². The number of anilines is 1. The van der Waals surface area contributed by atoms with Crippen LogP contribution in [0.5, 0.6) is 0 Å². The van der Waals surface area contributed by atoms with Crippen LogP contribution in [0.15, 0.2) is 42.5 Å². The molecule has 0 bridgehead atoms. The Hall–Kier alpha value is -1.94. The van der Waals surface area contributed by atoms with Crippen LogP contribution >= 0.6 is 12.2 Å². The number of hydrogen-bond donors (Lipinski definition) is 2. The molecule has 2 rings (SSSR count). The Morgan fingerprint density at radius 3 is 2.70 bits per heavy atom. The number of aryl methyl sites for hydroxylation is 1. The van der Waals surface area contributed by atoms with Gasteiger partial charge < -0.3 is 11.1 Å². The number of nitrogens with two attached hydrogens (primary N) is 1. The molecule has 0 unspecified atom stereocenters. The zero-order valence-corrected chi connectivity index (χ0v) is 12.1. The Balaban J connectivity index is 2.05. The monoisotopic (exact) mass is 288 g/mol. The Labute approximate surface area is 123 Å².